The summed E-state index contributed by atoms with van der Waals surface area (Å²) in [4.78, 5) is 25.7. The smallest absolute Gasteiger partial charge is 0.253 e. The van der Waals surface area contributed by atoms with E-state index in [9.17, 15) is 9.59 Å². The minimum absolute atomic E-state index is 0.000751. The van der Waals surface area contributed by atoms with Gasteiger partial charge in [-0.3, -0.25) is 9.59 Å². The molecule has 114 valence electrons. The van der Waals surface area contributed by atoms with E-state index in [1.54, 1.807) is 0 Å². The van der Waals surface area contributed by atoms with Crippen LogP contribution in [0.3, 0.4) is 0 Å². The molecule has 21 heavy (non-hydrogen) atoms. The fourth-order valence-electron chi connectivity index (χ4n) is 2.54. The number of carbonyl (C=O) groups excluding carboxylic acids is 2. The molecular formula is C16H23N3O2. The normalized spacial score (nSPS) is 15.8. The maximum Gasteiger partial charge on any atom is 0.253 e. The molecule has 0 saturated carbocycles. The van der Waals surface area contributed by atoms with Gasteiger partial charge in [0.05, 0.1) is 0 Å². The molecule has 0 spiro atoms. The summed E-state index contributed by atoms with van der Waals surface area (Å²) in [7, 11) is 0. The average molecular weight is 289 g/mol. The summed E-state index contributed by atoms with van der Waals surface area (Å²) in [6.07, 6.45) is 1.96. The molecule has 3 N–H and O–H groups in total. The van der Waals surface area contributed by atoms with Crippen molar-refractivity contribution in [3.8, 4) is 0 Å². The van der Waals surface area contributed by atoms with E-state index >= 15 is 0 Å². The first-order chi connectivity index (χ1) is 10.1. The number of carbonyl (C=O) groups is 2. The van der Waals surface area contributed by atoms with Crippen molar-refractivity contribution in [2.75, 3.05) is 19.6 Å². The van der Waals surface area contributed by atoms with Crippen LogP contribution in [-0.2, 0) is 4.79 Å². The second-order valence-electron chi connectivity index (χ2n) is 5.54. The minimum atomic E-state index is 0.000751. The molecule has 1 fully saturated rings. The van der Waals surface area contributed by atoms with E-state index < -0.39 is 0 Å². The zero-order valence-electron chi connectivity index (χ0n) is 12.5. The number of hydrogen-bond donors (Lipinski definition) is 2. The Morgan fingerprint density at radius 2 is 1.86 bits per heavy atom. The van der Waals surface area contributed by atoms with E-state index in [-0.39, 0.29) is 17.9 Å². The maximum absolute atomic E-state index is 12.4. The lowest BCUT2D eigenvalue weighted by atomic mass is 10.0. The Kier molecular flexibility index (Phi) is 5.33. The van der Waals surface area contributed by atoms with Crippen LogP contribution < -0.4 is 11.1 Å². The molecule has 0 aliphatic carbocycles. The van der Waals surface area contributed by atoms with E-state index in [2.05, 4.69) is 5.32 Å². The number of piperidine rings is 1. The summed E-state index contributed by atoms with van der Waals surface area (Å²) in [6, 6.07) is 7.80. The van der Waals surface area contributed by atoms with Crippen molar-refractivity contribution >= 4 is 11.8 Å². The third kappa shape index (κ3) is 4.29. The van der Waals surface area contributed by atoms with Crippen molar-refractivity contribution in [1.29, 1.82) is 0 Å². The molecule has 0 unspecified atom stereocenters. The van der Waals surface area contributed by atoms with E-state index in [0.29, 0.717) is 26.1 Å². The Hall–Kier alpha value is -1.88. The Labute approximate surface area is 125 Å². The van der Waals surface area contributed by atoms with Gasteiger partial charge in [-0.25, -0.2) is 0 Å². The molecule has 1 saturated heterocycles. The molecule has 2 rings (SSSR count). The highest BCUT2D eigenvalue weighted by molar-refractivity contribution is 5.94. The molecule has 0 radical (unpaired) electrons. The molecule has 2 amide bonds. The number of rotatable bonds is 4. The van der Waals surface area contributed by atoms with Crippen molar-refractivity contribution < 1.29 is 9.59 Å². The topological polar surface area (TPSA) is 75.4 Å². The fraction of sp³-hybridized carbons (Fsp3) is 0.500. The van der Waals surface area contributed by atoms with E-state index in [4.69, 9.17) is 5.73 Å². The fourth-order valence-corrected chi connectivity index (χ4v) is 2.54. The van der Waals surface area contributed by atoms with Crippen LogP contribution in [0.15, 0.2) is 24.3 Å². The quantitative estimate of drug-likeness (QED) is 0.870. The molecule has 5 heteroatoms. The number of nitrogens with zero attached hydrogens (tertiary/aromatic N) is 1. The average Bonchev–Trinajstić information content (AvgIpc) is 2.48. The van der Waals surface area contributed by atoms with E-state index in [1.165, 1.54) is 0 Å². The number of nitrogens with one attached hydrogen (secondary N) is 1. The second-order valence-corrected chi connectivity index (χ2v) is 5.54. The zero-order chi connectivity index (χ0) is 15.2. The predicted octanol–water partition coefficient (Wildman–Crippen LogP) is 1.06. The third-order valence-corrected chi connectivity index (χ3v) is 3.82. The van der Waals surface area contributed by atoms with Crippen molar-refractivity contribution in [2.24, 2.45) is 5.73 Å². The van der Waals surface area contributed by atoms with Crippen LogP contribution >= 0.6 is 0 Å². The van der Waals surface area contributed by atoms with Gasteiger partial charge >= 0.3 is 0 Å². The highest BCUT2D eigenvalue weighted by Gasteiger charge is 2.24. The van der Waals surface area contributed by atoms with E-state index in [1.807, 2.05) is 36.1 Å². The van der Waals surface area contributed by atoms with Crippen LogP contribution in [0.1, 0.15) is 35.2 Å². The standard InChI is InChI=1S/C16H23N3O2/c1-12-2-4-13(5-3-12)16(21)19-10-7-14(8-11-19)18-15(20)6-9-17/h2-5,14H,6-11,17H2,1H3,(H,18,20). The Balaban J connectivity index is 1.84. The first-order valence-corrected chi connectivity index (χ1v) is 7.45. The minimum Gasteiger partial charge on any atom is -0.353 e. The number of benzene rings is 1. The number of likely N-dealkylation sites (tertiary alicyclic amines) is 1. The van der Waals surface area contributed by atoms with Crippen LogP contribution in [0.4, 0.5) is 0 Å². The van der Waals surface area contributed by atoms with Gasteiger partial charge in [0.15, 0.2) is 0 Å². The van der Waals surface area contributed by atoms with Gasteiger partial charge in [0.2, 0.25) is 5.91 Å². The number of amides is 2. The lowest BCUT2D eigenvalue weighted by molar-refractivity contribution is -0.121. The molecule has 5 nitrogen and oxygen atoms in total. The van der Waals surface area contributed by atoms with Gasteiger partial charge in [-0.2, -0.15) is 0 Å². The predicted molar refractivity (Wildman–Crippen MR) is 81.9 cm³/mol. The lowest BCUT2D eigenvalue weighted by Crippen LogP contribution is -2.46. The first kappa shape index (κ1) is 15.5. The Morgan fingerprint density at radius 1 is 1.24 bits per heavy atom. The van der Waals surface area contributed by atoms with Crippen LogP contribution in [0, 0.1) is 6.92 Å². The Morgan fingerprint density at radius 3 is 2.43 bits per heavy atom. The molecule has 1 aliphatic heterocycles. The van der Waals surface area contributed by atoms with Crippen LogP contribution in [0.25, 0.3) is 0 Å². The van der Waals surface area contributed by atoms with Gasteiger partial charge in [0, 0.05) is 37.7 Å². The molecule has 0 aromatic heterocycles. The summed E-state index contributed by atoms with van der Waals surface area (Å²) < 4.78 is 0. The largest absolute Gasteiger partial charge is 0.353 e. The van der Waals surface area contributed by atoms with Gasteiger partial charge in [0.25, 0.3) is 5.91 Å². The monoisotopic (exact) mass is 289 g/mol. The molecule has 0 atom stereocenters. The zero-order valence-corrected chi connectivity index (χ0v) is 12.5. The van der Waals surface area contributed by atoms with E-state index in [0.717, 1.165) is 24.0 Å². The molecular weight excluding hydrogens is 266 g/mol. The molecule has 1 heterocycles. The number of nitrogens with two attached hydrogens (primary N) is 1. The highest BCUT2D eigenvalue weighted by Crippen LogP contribution is 2.14. The maximum atomic E-state index is 12.4. The van der Waals surface area contributed by atoms with Gasteiger partial charge in [-0.1, -0.05) is 17.7 Å². The summed E-state index contributed by atoms with van der Waals surface area (Å²) >= 11 is 0. The molecule has 1 aromatic rings. The molecule has 1 aliphatic rings. The summed E-state index contributed by atoms with van der Waals surface area (Å²) in [5.41, 5.74) is 7.23. The van der Waals surface area contributed by atoms with Gasteiger partial charge in [-0.05, 0) is 31.9 Å². The van der Waals surface area contributed by atoms with Crippen LogP contribution in [0.5, 0.6) is 0 Å². The SMILES string of the molecule is Cc1ccc(C(=O)N2CCC(NC(=O)CCN)CC2)cc1. The molecule has 0 bridgehead atoms. The van der Waals surface area contributed by atoms with Crippen molar-refractivity contribution in [1.82, 2.24) is 10.2 Å². The lowest BCUT2D eigenvalue weighted by Gasteiger charge is -2.32. The van der Waals surface area contributed by atoms with Gasteiger partial charge in [-0.15, -0.1) is 0 Å². The second kappa shape index (κ2) is 7.22. The number of hydrogen-bond acceptors (Lipinski definition) is 3. The highest BCUT2D eigenvalue weighted by atomic mass is 16.2. The van der Waals surface area contributed by atoms with Crippen molar-refractivity contribution in [3.63, 3.8) is 0 Å². The van der Waals surface area contributed by atoms with Crippen molar-refractivity contribution in [3.05, 3.63) is 35.4 Å². The summed E-state index contributed by atoms with van der Waals surface area (Å²) in [5, 5.41) is 2.97. The third-order valence-electron chi connectivity index (χ3n) is 3.82. The first-order valence-electron chi connectivity index (χ1n) is 7.45. The Bertz CT molecular complexity index is 491. The van der Waals surface area contributed by atoms with Gasteiger partial charge < -0.3 is 16.0 Å². The summed E-state index contributed by atoms with van der Waals surface area (Å²) in [6.45, 7) is 3.74. The van der Waals surface area contributed by atoms with Crippen LogP contribution in [-0.4, -0.2) is 42.4 Å². The molecule has 1 aromatic carbocycles. The number of aryl methyl sites for hydroxylation is 1. The van der Waals surface area contributed by atoms with Crippen molar-refractivity contribution in [2.45, 2.75) is 32.2 Å². The van der Waals surface area contributed by atoms with Crippen LogP contribution in [0.2, 0.25) is 0 Å². The summed E-state index contributed by atoms with van der Waals surface area (Å²) in [5.74, 6) is 0.0718. The van der Waals surface area contributed by atoms with Gasteiger partial charge in [0.1, 0.15) is 0 Å².